The van der Waals surface area contributed by atoms with Crippen molar-refractivity contribution in [3.8, 4) is 0 Å². The van der Waals surface area contributed by atoms with Gasteiger partial charge in [-0.2, -0.15) is 0 Å². The molecule has 0 heterocycles. The summed E-state index contributed by atoms with van der Waals surface area (Å²) >= 11 is 1.52. The first-order chi connectivity index (χ1) is 11.7. The Bertz CT molecular complexity index is 826. The summed E-state index contributed by atoms with van der Waals surface area (Å²) in [5.74, 6) is 0.501. The molecular formula is C19H23NO3S2. The quantitative estimate of drug-likeness (QED) is 0.568. The molecule has 134 valence electrons. The normalized spacial score (nSPS) is 12.8. The third kappa shape index (κ3) is 5.90. The molecule has 0 spiro atoms. The summed E-state index contributed by atoms with van der Waals surface area (Å²) in [6.07, 6.45) is 1.09. The molecule has 0 aliphatic heterocycles. The van der Waals surface area contributed by atoms with Crippen molar-refractivity contribution in [2.45, 2.75) is 36.8 Å². The van der Waals surface area contributed by atoms with E-state index in [0.29, 0.717) is 17.2 Å². The van der Waals surface area contributed by atoms with Crippen LogP contribution in [0.2, 0.25) is 0 Å². The predicted molar refractivity (Wildman–Crippen MR) is 105 cm³/mol. The van der Waals surface area contributed by atoms with E-state index in [4.69, 9.17) is 0 Å². The average molecular weight is 378 g/mol. The Hall–Kier alpha value is -1.79. The van der Waals surface area contributed by atoms with Gasteiger partial charge in [0.2, 0.25) is 10.0 Å². The zero-order valence-electron chi connectivity index (χ0n) is 14.8. The van der Waals surface area contributed by atoms with Crippen LogP contribution in [0.25, 0.3) is 0 Å². The van der Waals surface area contributed by atoms with Gasteiger partial charge in [-0.15, -0.1) is 11.8 Å². The minimum absolute atomic E-state index is 0.0174. The molecule has 0 aliphatic rings. The number of anilines is 1. The van der Waals surface area contributed by atoms with Crippen LogP contribution >= 0.6 is 11.8 Å². The van der Waals surface area contributed by atoms with Crippen molar-refractivity contribution >= 4 is 33.3 Å². The Morgan fingerprint density at radius 1 is 0.960 bits per heavy atom. The zero-order valence-corrected chi connectivity index (χ0v) is 16.4. The number of benzene rings is 2. The molecule has 0 aliphatic carbocycles. The zero-order chi connectivity index (χ0) is 18.6. The van der Waals surface area contributed by atoms with Crippen LogP contribution in [0.15, 0.2) is 53.4 Å². The van der Waals surface area contributed by atoms with E-state index in [2.05, 4.69) is 30.7 Å². The fourth-order valence-corrected chi connectivity index (χ4v) is 3.85. The van der Waals surface area contributed by atoms with E-state index in [-0.39, 0.29) is 11.0 Å². The highest BCUT2D eigenvalue weighted by Gasteiger charge is 2.17. The van der Waals surface area contributed by atoms with Crippen molar-refractivity contribution in [1.29, 1.82) is 0 Å². The van der Waals surface area contributed by atoms with Gasteiger partial charge in [-0.05, 0) is 54.8 Å². The monoisotopic (exact) mass is 377 g/mol. The van der Waals surface area contributed by atoms with Gasteiger partial charge in [-0.25, -0.2) is 8.42 Å². The maximum Gasteiger partial charge on any atom is 0.229 e. The second-order valence-electron chi connectivity index (χ2n) is 6.30. The molecule has 1 atom stereocenters. The number of nitrogens with one attached hydrogen (secondary N) is 1. The number of hydrogen-bond donors (Lipinski definition) is 1. The largest absolute Gasteiger partial charge is 0.293 e. The summed E-state index contributed by atoms with van der Waals surface area (Å²) in [6, 6.07) is 14.8. The Morgan fingerprint density at radius 2 is 1.52 bits per heavy atom. The lowest BCUT2D eigenvalue weighted by Crippen LogP contribution is -2.14. The first kappa shape index (κ1) is 19.5. The number of carbonyl (C=O) groups excluding carboxylic acids is 1. The Kier molecular flexibility index (Phi) is 6.30. The number of rotatable bonds is 7. The second-order valence-corrected chi connectivity index (χ2v) is 9.46. The minimum Gasteiger partial charge on any atom is -0.293 e. The van der Waals surface area contributed by atoms with E-state index in [0.717, 1.165) is 11.2 Å². The van der Waals surface area contributed by atoms with Gasteiger partial charge >= 0.3 is 0 Å². The summed E-state index contributed by atoms with van der Waals surface area (Å²) in [5, 5.41) is -0.224. The number of ketones is 1. The van der Waals surface area contributed by atoms with Gasteiger partial charge < -0.3 is 0 Å². The van der Waals surface area contributed by atoms with Crippen molar-refractivity contribution < 1.29 is 13.2 Å². The van der Waals surface area contributed by atoms with Gasteiger partial charge in [0.25, 0.3) is 0 Å². The smallest absolute Gasteiger partial charge is 0.229 e. The molecule has 0 radical (unpaired) electrons. The van der Waals surface area contributed by atoms with E-state index < -0.39 is 10.0 Å². The molecule has 4 nitrogen and oxygen atoms in total. The van der Waals surface area contributed by atoms with E-state index in [1.165, 1.54) is 17.3 Å². The highest BCUT2D eigenvalue weighted by atomic mass is 32.2. The molecular weight excluding hydrogens is 354 g/mol. The second kappa shape index (κ2) is 8.06. The van der Waals surface area contributed by atoms with Crippen molar-refractivity contribution in [3.05, 3.63) is 59.7 Å². The lowest BCUT2D eigenvalue weighted by atomic mass is 10.0. The number of carbonyl (C=O) groups is 1. The average Bonchev–Trinajstić information content (AvgIpc) is 2.54. The summed E-state index contributed by atoms with van der Waals surface area (Å²) in [6.45, 7) is 6.18. The third-order valence-electron chi connectivity index (χ3n) is 3.70. The van der Waals surface area contributed by atoms with Gasteiger partial charge in [-0.1, -0.05) is 26.0 Å². The van der Waals surface area contributed by atoms with Crippen LogP contribution in [0, 0.1) is 0 Å². The maximum absolute atomic E-state index is 12.6. The van der Waals surface area contributed by atoms with Crippen LogP contribution in [0.5, 0.6) is 0 Å². The SMILES string of the molecule is CC(Sc1ccc(C(C)C)cc1)C(=O)c1ccc(NS(C)(=O)=O)cc1. The number of thioether (sulfide) groups is 1. The standard InChI is InChI=1S/C19H23NO3S2/c1-13(2)15-7-11-18(12-8-15)24-14(3)19(21)16-5-9-17(10-6-16)20-25(4,22)23/h5-14,20H,1-4H3. The summed E-state index contributed by atoms with van der Waals surface area (Å²) in [4.78, 5) is 13.6. The molecule has 0 saturated carbocycles. The van der Waals surface area contributed by atoms with E-state index >= 15 is 0 Å². The van der Waals surface area contributed by atoms with Crippen LogP contribution in [-0.4, -0.2) is 25.7 Å². The van der Waals surface area contributed by atoms with Crippen LogP contribution in [0.4, 0.5) is 5.69 Å². The molecule has 0 fully saturated rings. The van der Waals surface area contributed by atoms with Gasteiger partial charge in [0.1, 0.15) is 0 Å². The summed E-state index contributed by atoms with van der Waals surface area (Å²) in [5.41, 5.74) is 2.29. The molecule has 6 heteroatoms. The molecule has 25 heavy (non-hydrogen) atoms. The fourth-order valence-electron chi connectivity index (χ4n) is 2.34. The van der Waals surface area contributed by atoms with Crippen molar-refractivity contribution in [3.63, 3.8) is 0 Å². The van der Waals surface area contributed by atoms with E-state index in [1.54, 1.807) is 24.3 Å². The van der Waals surface area contributed by atoms with Crippen LogP contribution in [0.3, 0.4) is 0 Å². The fraction of sp³-hybridized carbons (Fsp3) is 0.316. The molecule has 0 amide bonds. The summed E-state index contributed by atoms with van der Waals surface area (Å²) < 4.78 is 24.8. The van der Waals surface area contributed by atoms with Crippen LogP contribution in [-0.2, 0) is 10.0 Å². The molecule has 2 aromatic carbocycles. The van der Waals surface area contributed by atoms with Crippen molar-refractivity contribution in [2.75, 3.05) is 11.0 Å². The van der Waals surface area contributed by atoms with Gasteiger partial charge in [0.05, 0.1) is 11.5 Å². The first-order valence-corrected chi connectivity index (χ1v) is 10.8. The predicted octanol–water partition coefficient (Wildman–Crippen LogP) is 4.55. The summed E-state index contributed by atoms with van der Waals surface area (Å²) in [7, 11) is -3.32. The minimum atomic E-state index is -3.32. The first-order valence-electron chi connectivity index (χ1n) is 8.04. The van der Waals surface area contributed by atoms with Gasteiger partial charge in [0.15, 0.2) is 5.78 Å². The van der Waals surface area contributed by atoms with Crippen molar-refractivity contribution in [2.24, 2.45) is 0 Å². The topological polar surface area (TPSA) is 63.2 Å². The molecule has 1 unspecified atom stereocenters. The van der Waals surface area contributed by atoms with E-state index in [1.807, 2.05) is 19.1 Å². The molecule has 0 saturated heterocycles. The van der Waals surface area contributed by atoms with Crippen LogP contribution < -0.4 is 4.72 Å². The van der Waals surface area contributed by atoms with Gasteiger partial charge in [-0.3, -0.25) is 9.52 Å². The Morgan fingerprint density at radius 3 is 2.00 bits per heavy atom. The third-order valence-corrected chi connectivity index (χ3v) is 5.42. The maximum atomic E-state index is 12.6. The highest BCUT2D eigenvalue weighted by molar-refractivity contribution is 8.00. The lowest BCUT2D eigenvalue weighted by molar-refractivity contribution is 0.0994. The number of hydrogen-bond acceptors (Lipinski definition) is 4. The van der Waals surface area contributed by atoms with E-state index in [9.17, 15) is 13.2 Å². The Balaban J connectivity index is 2.04. The van der Waals surface area contributed by atoms with Crippen molar-refractivity contribution in [1.82, 2.24) is 0 Å². The highest BCUT2D eigenvalue weighted by Crippen LogP contribution is 2.27. The van der Waals surface area contributed by atoms with Crippen LogP contribution in [0.1, 0.15) is 42.6 Å². The lowest BCUT2D eigenvalue weighted by Gasteiger charge is -2.12. The molecule has 2 aromatic rings. The molecule has 1 N–H and O–H groups in total. The molecule has 2 rings (SSSR count). The van der Waals surface area contributed by atoms with Gasteiger partial charge in [0, 0.05) is 16.1 Å². The molecule has 0 bridgehead atoms. The Labute approximate surface area is 154 Å². The number of sulfonamides is 1. The molecule has 0 aromatic heterocycles. The number of Topliss-reactive ketones (excluding diaryl/α,β-unsaturated/α-hetero) is 1.